The van der Waals surface area contributed by atoms with Crippen molar-refractivity contribution in [2.75, 3.05) is 5.32 Å². The van der Waals surface area contributed by atoms with Gasteiger partial charge in [0.05, 0.1) is 11.4 Å². The van der Waals surface area contributed by atoms with Crippen LogP contribution in [-0.2, 0) is 13.5 Å². The fourth-order valence-electron chi connectivity index (χ4n) is 5.04. The van der Waals surface area contributed by atoms with Crippen molar-refractivity contribution in [3.63, 3.8) is 0 Å². The molecule has 2 unspecified atom stereocenters. The van der Waals surface area contributed by atoms with E-state index in [0.29, 0.717) is 29.1 Å². The van der Waals surface area contributed by atoms with E-state index in [-0.39, 0.29) is 28.8 Å². The zero-order chi connectivity index (χ0) is 23.8. The molecule has 7 nitrogen and oxygen atoms in total. The Hall–Kier alpha value is -3.29. The first-order valence-corrected chi connectivity index (χ1v) is 11.7. The first-order chi connectivity index (χ1) is 16.3. The number of aromatic nitrogens is 3. The molecule has 1 fully saturated rings. The molecule has 4 aromatic rings. The zero-order valence-corrected chi connectivity index (χ0v) is 19.9. The maximum Gasteiger partial charge on any atom is 0.295 e. The summed E-state index contributed by atoms with van der Waals surface area (Å²) in [5.41, 5.74) is 3.78. The Morgan fingerprint density at radius 3 is 2.62 bits per heavy atom. The maximum atomic E-state index is 13.4. The Labute approximate surface area is 204 Å². The summed E-state index contributed by atoms with van der Waals surface area (Å²) in [4.78, 5) is 26.6. The Balaban J connectivity index is 1.40. The molecule has 6 rings (SSSR count). The summed E-state index contributed by atoms with van der Waals surface area (Å²) < 4.78 is 7.97. The first kappa shape index (κ1) is 21.3. The first-order valence-electron chi connectivity index (χ1n) is 10.9. The monoisotopic (exact) mass is 494 g/mol. The zero-order valence-electron chi connectivity index (χ0n) is 18.4. The molecule has 0 aliphatic heterocycles. The lowest BCUT2D eigenvalue weighted by atomic mass is 10.00. The van der Waals surface area contributed by atoms with Crippen LogP contribution in [-0.4, -0.2) is 24.8 Å². The average molecular weight is 495 g/mol. The quantitative estimate of drug-likeness (QED) is 0.413. The maximum absolute atomic E-state index is 13.4. The predicted octanol–water partition coefficient (Wildman–Crippen LogP) is 4.84. The van der Waals surface area contributed by atoms with Gasteiger partial charge in [0, 0.05) is 30.0 Å². The molecule has 0 spiro atoms. The van der Waals surface area contributed by atoms with E-state index in [0.717, 1.165) is 11.1 Å². The summed E-state index contributed by atoms with van der Waals surface area (Å²) >= 11 is 13.2. The number of carbonyl (C=O) groups is 1. The van der Waals surface area contributed by atoms with Gasteiger partial charge in [-0.1, -0.05) is 47.6 Å². The second kappa shape index (κ2) is 7.35. The van der Waals surface area contributed by atoms with E-state index in [9.17, 15) is 9.59 Å². The summed E-state index contributed by atoms with van der Waals surface area (Å²) in [6, 6.07) is 17.0. The molecule has 2 aliphatic rings. The Morgan fingerprint density at radius 1 is 1.15 bits per heavy atom. The Bertz CT molecular complexity index is 1520. The SMILES string of the molecule is Cc1c(NC(=O)c2noc3c2CC2C(c4ccccc4-3)C2(Cl)Cl)c(=O)n(-c2ccccc2)n1C. The van der Waals surface area contributed by atoms with Gasteiger partial charge in [-0.25, -0.2) is 4.68 Å². The number of amides is 1. The number of fused-ring (bicyclic) bond motifs is 5. The second-order valence-electron chi connectivity index (χ2n) is 8.78. The van der Waals surface area contributed by atoms with Gasteiger partial charge >= 0.3 is 0 Å². The Kier molecular flexibility index (Phi) is 4.60. The van der Waals surface area contributed by atoms with Gasteiger partial charge in [-0.2, -0.15) is 0 Å². The van der Waals surface area contributed by atoms with Crippen LogP contribution in [0.2, 0.25) is 0 Å². The van der Waals surface area contributed by atoms with Crippen molar-refractivity contribution in [1.82, 2.24) is 14.5 Å². The van der Waals surface area contributed by atoms with Crippen molar-refractivity contribution < 1.29 is 9.32 Å². The summed E-state index contributed by atoms with van der Waals surface area (Å²) in [6.07, 6.45) is 0.454. The normalized spacial score (nSPS) is 19.5. The van der Waals surface area contributed by atoms with Crippen LogP contribution in [0.4, 0.5) is 5.69 Å². The van der Waals surface area contributed by atoms with Crippen LogP contribution in [0.1, 0.15) is 33.2 Å². The lowest BCUT2D eigenvalue weighted by Crippen LogP contribution is -2.23. The van der Waals surface area contributed by atoms with Gasteiger partial charge in [-0.15, -0.1) is 23.2 Å². The summed E-state index contributed by atoms with van der Waals surface area (Å²) in [6.45, 7) is 1.78. The fraction of sp³-hybridized carbons (Fsp3) is 0.240. The molecule has 2 aromatic carbocycles. The standard InChI is InChI=1S/C25H20Cl2N4O3/c1-13-20(24(33)31(30(13)2)14-8-4-3-5-9-14)28-23(32)21-17-12-18-19(25(18,26)27)15-10-6-7-11-16(15)22(17)34-29-21/h3-11,18-19H,12H2,1-2H3,(H,28,32). The van der Waals surface area contributed by atoms with Crippen molar-refractivity contribution in [3.8, 4) is 17.0 Å². The van der Waals surface area contributed by atoms with Crippen LogP contribution in [0.25, 0.3) is 17.0 Å². The van der Waals surface area contributed by atoms with E-state index in [1.807, 2.05) is 54.6 Å². The lowest BCUT2D eigenvalue weighted by molar-refractivity contribution is 0.101. The number of hydrogen-bond donors (Lipinski definition) is 1. The Morgan fingerprint density at radius 2 is 1.85 bits per heavy atom. The van der Waals surface area contributed by atoms with E-state index in [2.05, 4.69) is 10.5 Å². The molecule has 0 bridgehead atoms. The van der Waals surface area contributed by atoms with Gasteiger partial charge in [0.2, 0.25) is 0 Å². The van der Waals surface area contributed by atoms with Crippen LogP contribution < -0.4 is 10.9 Å². The van der Waals surface area contributed by atoms with Crippen LogP contribution >= 0.6 is 23.2 Å². The van der Waals surface area contributed by atoms with E-state index in [4.69, 9.17) is 27.7 Å². The van der Waals surface area contributed by atoms with Crippen molar-refractivity contribution in [2.24, 2.45) is 13.0 Å². The molecule has 2 aliphatic carbocycles. The number of nitrogens with one attached hydrogen (secondary N) is 1. The fourth-order valence-corrected chi connectivity index (χ4v) is 5.86. The molecule has 2 atom stereocenters. The lowest BCUT2D eigenvalue weighted by Gasteiger charge is -2.08. The highest BCUT2D eigenvalue weighted by atomic mass is 35.5. The van der Waals surface area contributed by atoms with Gasteiger partial charge < -0.3 is 9.84 Å². The van der Waals surface area contributed by atoms with E-state index in [1.54, 1.807) is 18.7 Å². The topological polar surface area (TPSA) is 82.1 Å². The van der Waals surface area contributed by atoms with Gasteiger partial charge in [-0.05, 0) is 31.0 Å². The molecule has 0 saturated heterocycles. The van der Waals surface area contributed by atoms with E-state index >= 15 is 0 Å². The molecule has 172 valence electrons. The summed E-state index contributed by atoms with van der Waals surface area (Å²) in [5.74, 6) is -0.0659. The molecule has 1 amide bonds. The van der Waals surface area contributed by atoms with Gasteiger partial charge in [0.25, 0.3) is 11.5 Å². The molecular weight excluding hydrogens is 475 g/mol. The van der Waals surface area contributed by atoms with Crippen LogP contribution in [0.5, 0.6) is 0 Å². The highest BCUT2D eigenvalue weighted by molar-refractivity contribution is 6.52. The van der Waals surface area contributed by atoms with E-state index in [1.165, 1.54) is 4.68 Å². The van der Waals surface area contributed by atoms with Crippen molar-refractivity contribution in [2.45, 2.75) is 23.6 Å². The smallest absolute Gasteiger partial charge is 0.295 e. The largest absolute Gasteiger partial charge is 0.355 e. The molecule has 34 heavy (non-hydrogen) atoms. The molecule has 1 N–H and O–H groups in total. The molecule has 2 aromatic heterocycles. The summed E-state index contributed by atoms with van der Waals surface area (Å²) in [7, 11) is 1.77. The van der Waals surface area contributed by atoms with Crippen LogP contribution in [0, 0.1) is 12.8 Å². The number of halogens is 2. The number of hydrogen-bond acceptors (Lipinski definition) is 4. The third-order valence-corrected chi connectivity index (χ3v) is 7.99. The molecule has 9 heteroatoms. The third-order valence-electron chi connectivity index (χ3n) is 6.96. The number of anilines is 1. The molecule has 0 radical (unpaired) electrons. The number of alkyl halides is 2. The molecule has 1 saturated carbocycles. The number of carbonyl (C=O) groups excluding carboxylic acids is 1. The van der Waals surface area contributed by atoms with Gasteiger partial charge in [0.1, 0.15) is 10.0 Å². The van der Waals surface area contributed by atoms with Crippen molar-refractivity contribution in [3.05, 3.63) is 87.5 Å². The number of rotatable bonds is 3. The van der Waals surface area contributed by atoms with Crippen LogP contribution in [0.15, 0.2) is 63.9 Å². The van der Waals surface area contributed by atoms with Crippen molar-refractivity contribution in [1.29, 1.82) is 0 Å². The highest BCUT2D eigenvalue weighted by Gasteiger charge is 2.65. The second-order valence-corrected chi connectivity index (χ2v) is 10.2. The molecular formula is C25H20Cl2N4O3. The minimum Gasteiger partial charge on any atom is -0.355 e. The van der Waals surface area contributed by atoms with Gasteiger partial charge in [0.15, 0.2) is 11.5 Å². The minimum atomic E-state index is -0.905. The minimum absolute atomic E-state index is 0.0417. The predicted molar refractivity (Wildman–Crippen MR) is 130 cm³/mol. The highest BCUT2D eigenvalue weighted by Crippen LogP contribution is 2.68. The van der Waals surface area contributed by atoms with Crippen molar-refractivity contribution >= 4 is 34.8 Å². The average Bonchev–Trinajstić information content (AvgIpc) is 3.07. The van der Waals surface area contributed by atoms with Gasteiger partial charge in [-0.3, -0.25) is 14.3 Å². The number of para-hydroxylation sites is 1. The number of nitrogens with zero attached hydrogens (tertiary/aromatic N) is 3. The molecule has 2 heterocycles. The third kappa shape index (κ3) is 2.93. The summed E-state index contributed by atoms with van der Waals surface area (Å²) in [5, 5.41) is 6.87. The number of benzene rings is 2. The van der Waals surface area contributed by atoms with E-state index < -0.39 is 10.2 Å². The van der Waals surface area contributed by atoms with Crippen LogP contribution in [0.3, 0.4) is 0 Å².